The van der Waals surface area contributed by atoms with Gasteiger partial charge in [0.1, 0.15) is 19.3 Å². The number of anilines is 1. The second-order valence-electron chi connectivity index (χ2n) is 5.80. The zero-order valence-electron chi connectivity index (χ0n) is 13.6. The van der Waals surface area contributed by atoms with E-state index in [2.05, 4.69) is 10.3 Å². The van der Waals surface area contributed by atoms with Crippen molar-refractivity contribution < 1.29 is 23.7 Å². The van der Waals surface area contributed by atoms with Crippen LogP contribution in [0.15, 0.2) is 36.5 Å². The Balaban J connectivity index is 1.45. The van der Waals surface area contributed by atoms with Gasteiger partial charge >= 0.3 is 0 Å². The molecule has 4 rings (SSSR count). The Kier molecular flexibility index (Phi) is 4.39. The summed E-state index contributed by atoms with van der Waals surface area (Å²) in [4.78, 5) is 16.6. The van der Waals surface area contributed by atoms with Gasteiger partial charge in [-0.2, -0.15) is 0 Å². The Labute approximate surface area is 144 Å². The standard InChI is InChI=1S/C18H18N2O5/c21-18(20-13-1-2-15-16(10-13)24-8-7-23-15)12-3-5-19-17(9-12)25-14-4-6-22-11-14/h1-3,5,9-10,14H,4,6-8,11H2,(H,20,21)/t14-/m0/s1. The Hall–Kier alpha value is -2.80. The SMILES string of the molecule is O=C(Nc1ccc2c(c1)OCCO2)c1ccnc(O[C@H]2CCOC2)c1. The predicted molar refractivity (Wildman–Crippen MR) is 89.5 cm³/mol. The van der Waals surface area contributed by atoms with Crippen molar-refractivity contribution in [3.05, 3.63) is 42.1 Å². The number of carbonyl (C=O) groups excluding carboxylic acids is 1. The van der Waals surface area contributed by atoms with Crippen LogP contribution in [0.25, 0.3) is 0 Å². The minimum atomic E-state index is -0.244. The lowest BCUT2D eigenvalue weighted by Crippen LogP contribution is -2.18. The lowest BCUT2D eigenvalue weighted by atomic mass is 10.2. The molecule has 2 aromatic rings. The van der Waals surface area contributed by atoms with Crippen molar-refractivity contribution in [1.29, 1.82) is 0 Å². The number of hydrogen-bond acceptors (Lipinski definition) is 6. The lowest BCUT2D eigenvalue weighted by molar-refractivity contribution is 0.102. The second-order valence-corrected chi connectivity index (χ2v) is 5.80. The number of nitrogens with zero attached hydrogens (tertiary/aromatic N) is 1. The Morgan fingerprint density at radius 3 is 2.84 bits per heavy atom. The van der Waals surface area contributed by atoms with Gasteiger partial charge in [0.15, 0.2) is 11.5 Å². The molecule has 0 radical (unpaired) electrons. The summed E-state index contributed by atoms with van der Waals surface area (Å²) in [6, 6.07) is 8.59. The van der Waals surface area contributed by atoms with Gasteiger partial charge in [-0.15, -0.1) is 0 Å². The van der Waals surface area contributed by atoms with E-state index in [1.165, 1.54) is 0 Å². The van der Waals surface area contributed by atoms with Gasteiger partial charge in [-0.25, -0.2) is 4.98 Å². The van der Waals surface area contributed by atoms with Crippen molar-refractivity contribution in [3.8, 4) is 17.4 Å². The van der Waals surface area contributed by atoms with Crippen LogP contribution in [0.2, 0.25) is 0 Å². The smallest absolute Gasteiger partial charge is 0.255 e. The molecule has 0 aliphatic carbocycles. The summed E-state index contributed by atoms with van der Waals surface area (Å²) in [7, 11) is 0. The summed E-state index contributed by atoms with van der Waals surface area (Å²) < 4.78 is 22.0. The Morgan fingerprint density at radius 1 is 1.12 bits per heavy atom. The molecule has 0 unspecified atom stereocenters. The van der Waals surface area contributed by atoms with E-state index in [9.17, 15) is 4.79 Å². The molecule has 0 spiro atoms. The van der Waals surface area contributed by atoms with E-state index in [0.717, 1.165) is 6.42 Å². The van der Waals surface area contributed by atoms with Crippen molar-refractivity contribution in [3.63, 3.8) is 0 Å². The Bertz CT molecular complexity index is 774. The maximum atomic E-state index is 12.5. The molecule has 25 heavy (non-hydrogen) atoms. The molecule has 0 saturated carbocycles. The number of fused-ring (bicyclic) bond motifs is 1. The predicted octanol–water partition coefficient (Wildman–Crippen LogP) is 2.27. The molecule has 1 aromatic heterocycles. The van der Waals surface area contributed by atoms with Crippen LogP contribution in [0.4, 0.5) is 5.69 Å². The fraction of sp³-hybridized carbons (Fsp3) is 0.333. The van der Waals surface area contributed by atoms with Gasteiger partial charge in [0.25, 0.3) is 5.91 Å². The maximum Gasteiger partial charge on any atom is 0.255 e. The van der Waals surface area contributed by atoms with Gasteiger partial charge in [-0.1, -0.05) is 0 Å². The van der Waals surface area contributed by atoms with E-state index < -0.39 is 0 Å². The van der Waals surface area contributed by atoms with Crippen LogP contribution in [0.5, 0.6) is 17.4 Å². The average Bonchev–Trinajstić information content (AvgIpc) is 3.15. The molecule has 2 aliphatic heterocycles. The third kappa shape index (κ3) is 3.66. The lowest BCUT2D eigenvalue weighted by Gasteiger charge is -2.19. The highest BCUT2D eigenvalue weighted by Crippen LogP contribution is 2.32. The first kappa shape index (κ1) is 15.7. The third-order valence-corrected chi connectivity index (χ3v) is 3.97. The number of carbonyl (C=O) groups is 1. The molecule has 1 N–H and O–H groups in total. The number of benzene rings is 1. The monoisotopic (exact) mass is 342 g/mol. The van der Waals surface area contributed by atoms with Gasteiger partial charge in [-0.3, -0.25) is 4.79 Å². The molecule has 0 bridgehead atoms. The first-order valence-electron chi connectivity index (χ1n) is 8.19. The van der Waals surface area contributed by atoms with Crippen molar-refractivity contribution in [1.82, 2.24) is 4.98 Å². The van der Waals surface area contributed by atoms with Gasteiger partial charge in [-0.05, 0) is 18.2 Å². The zero-order valence-corrected chi connectivity index (χ0v) is 13.6. The highest BCUT2D eigenvalue weighted by Gasteiger charge is 2.19. The molecule has 7 heteroatoms. The number of pyridine rings is 1. The number of hydrogen-bond donors (Lipinski definition) is 1. The minimum Gasteiger partial charge on any atom is -0.486 e. The van der Waals surface area contributed by atoms with Crippen LogP contribution >= 0.6 is 0 Å². The van der Waals surface area contributed by atoms with Crippen molar-refractivity contribution in [2.24, 2.45) is 0 Å². The van der Waals surface area contributed by atoms with Crippen molar-refractivity contribution >= 4 is 11.6 Å². The molecule has 1 fully saturated rings. The van der Waals surface area contributed by atoms with Gasteiger partial charge in [0, 0.05) is 36.0 Å². The molecule has 3 heterocycles. The van der Waals surface area contributed by atoms with Crippen molar-refractivity contribution in [2.45, 2.75) is 12.5 Å². The third-order valence-electron chi connectivity index (χ3n) is 3.97. The number of rotatable bonds is 4. The van der Waals surface area contributed by atoms with Crippen LogP contribution in [0.1, 0.15) is 16.8 Å². The number of amides is 1. The fourth-order valence-electron chi connectivity index (χ4n) is 2.72. The van der Waals surface area contributed by atoms with Gasteiger partial charge in [0.05, 0.1) is 13.2 Å². The number of nitrogens with one attached hydrogen (secondary N) is 1. The molecule has 1 saturated heterocycles. The Morgan fingerprint density at radius 2 is 2.00 bits per heavy atom. The molecule has 7 nitrogen and oxygen atoms in total. The largest absolute Gasteiger partial charge is 0.486 e. The number of ether oxygens (including phenoxy) is 4. The molecular formula is C18H18N2O5. The second kappa shape index (κ2) is 6.98. The van der Waals surface area contributed by atoms with E-state index in [0.29, 0.717) is 55.1 Å². The minimum absolute atomic E-state index is 0.0106. The van der Waals surface area contributed by atoms with E-state index >= 15 is 0 Å². The fourth-order valence-corrected chi connectivity index (χ4v) is 2.72. The van der Waals surface area contributed by atoms with Crippen LogP contribution in [-0.4, -0.2) is 43.4 Å². The highest BCUT2D eigenvalue weighted by molar-refractivity contribution is 6.04. The average molecular weight is 342 g/mol. The van der Waals surface area contributed by atoms with Crippen LogP contribution in [0, 0.1) is 0 Å². The first-order valence-corrected chi connectivity index (χ1v) is 8.19. The summed E-state index contributed by atoms with van der Waals surface area (Å²) >= 11 is 0. The summed E-state index contributed by atoms with van der Waals surface area (Å²) in [5.74, 6) is 1.49. The summed E-state index contributed by atoms with van der Waals surface area (Å²) in [6.45, 7) is 2.27. The van der Waals surface area contributed by atoms with E-state index in [-0.39, 0.29) is 12.0 Å². The zero-order chi connectivity index (χ0) is 17.1. The van der Waals surface area contributed by atoms with Crippen LogP contribution < -0.4 is 19.5 Å². The first-order chi connectivity index (χ1) is 12.3. The summed E-state index contributed by atoms with van der Waals surface area (Å²) in [5, 5.41) is 2.85. The van der Waals surface area contributed by atoms with Crippen molar-refractivity contribution in [2.75, 3.05) is 31.7 Å². The topological polar surface area (TPSA) is 78.9 Å². The molecule has 2 aliphatic rings. The molecule has 1 atom stereocenters. The van der Waals surface area contributed by atoms with E-state index in [1.54, 1.807) is 36.5 Å². The van der Waals surface area contributed by atoms with Gasteiger partial charge in [0.2, 0.25) is 5.88 Å². The molecular weight excluding hydrogens is 324 g/mol. The van der Waals surface area contributed by atoms with E-state index in [1.807, 2.05) is 0 Å². The van der Waals surface area contributed by atoms with Gasteiger partial charge < -0.3 is 24.3 Å². The molecule has 1 amide bonds. The summed E-state index contributed by atoms with van der Waals surface area (Å²) in [6.07, 6.45) is 2.38. The van der Waals surface area contributed by atoms with Crippen LogP contribution in [-0.2, 0) is 4.74 Å². The number of aromatic nitrogens is 1. The molecule has 1 aromatic carbocycles. The highest BCUT2D eigenvalue weighted by atomic mass is 16.6. The normalized spacial score (nSPS) is 18.6. The quantitative estimate of drug-likeness (QED) is 0.918. The summed E-state index contributed by atoms with van der Waals surface area (Å²) in [5.41, 5.74) is 1.11. The van der Waals surface area contributed by atoms with E-state index in [4.69, 9.17) is 18.9 Å². The maximum absolute atomic E-state index is 12.5. The van der Waals surface area contributed by atoms with Crippen LogP contribution in [0.3, 0.4) is 0 Å². The molecule has 130 valence electrons.